The standard InChI is InChI=1S/C23H26N2O4S/c1-3-30-14-13-28-22(26)20-16(2)24-23(27)25-21(20)18-9-11-19(12-10-18)29-15-17-7-5-4-6-8-17/h4-12,21H,3,13-15H2,1-2H3,(H2,24,25,27). The molecule has 1 aliphatic rings. The van der Waals surface area contributed by atoms with Crippen LogP contribution in [0.25, 0.3) is 0 Å². The van der Waals surface area contributed by atoms with Crippen LogP contribution in [0.1, 0.15) is 31.0 Å². The molecule has 0 saturated heterocycles. The minimum atomic E-state index is -0.576. The van der Waals surface area contributed by atoms with E-state index in [1.807, 2.05) is 54.6 Å². The smallest absolute Gasteiger partial charge is 0.338 e. The zero-order valence-electron chi connectivity index (χ0n) is 17.1. The molecule has 0 fully saturated rings. The SMILES string of the molecule is CCSCCOC(=O)C1=C(C)NC(=O)NC1c1ccc(OCc2ccccc2)cc1. The van der Waals surface area contributed by atoms with Crippen LogP contribution in [0.3, 0.4) is 0 Å². The number of carbonyl (C=O) groups excluding carboxylic acids is 2. The van der Waals surface area contributed by atoms with Gasteiger partial charge in [-0.15, -0.1) is 0 Å². The first-order valence-electron chi connectivity index (χ1n) is 9.88. The Balaban J connectivity index is 1.70. The molecule has 2 N–H and O–H groups in total. The Morgan fingerprint density at radius 3 is 2.53 bits per heavy atom. The van der Waals surface area contributed by atoms with Crippen LogP contribution < -0.4 is 15.4 Å². The number of rotatable bonds is 9. The Hall–Kier alpha value is -2.93. The van der Waals surface area contributed by atoms with E-state index in [2.05, 4.69) is 17.6 Å². The first kappa shape index (κ1) is 21.8. The molecule has 7 heteroatoms. The molecule has 1 aliphatic heterocycles. The molecule has 6 nitrogen and oxygen atoms in total. The molecule has 2 amide bonds. The van der Waals surface area contributed by atoms with Crippen molar-refractivity contribution in [1.82, 2.24) is 10.6 Å². The summed E-state index contributed by atoms with van der Waals surface area (Å²) < 4.78 is 11.2. The molecular weight excluding hydrogens is 400 g/mol. The van der Waals surface area contributed by atoms with Crippen LogP contribution in [0.15, 0.2) is 65.9 Å². The average Bonchev–Trinajstić information content (AvgIpc) is 2.76. The zero-order valence-corrected chi connectivity index (χ0v) is 18.0. The summed E-state index contributed by atoms with van der Waals surface area (Å²) in [5.41, 5.74) is 2.78. The van der Waals surface area contributed by atoms with Crippen LogP contribution >= 0.6 is 11.8 Å². The van der Waals surface area contributed by atoms with E-state index < -0.39 is 12.0 Å². The van der Waals surface area contributed by atoms with E-state index in [-0.39, 0.29) is 6.03 Å². The van der Waals surface area contributed by atoms with Crippen molar-refractivity contribution in [3.05, 3.63) is 77.0 Å². The molecule has 1 atom stereocenters. The van der Waals surface area contributed by atoms with Crippen molar-refractivity contribution in [2.75, 3.05) is 18.1 Å². The van der Waals surface area contributed by atoms with Crippen LogP contribution in [0.4, 0.5) is 4.79 Å². The predicted octanol–water partition coefficient (Wildman–Crippen LogP) is 4.19. The Labute approximate surface area is 181 Å². The second-order valence-corrected chi connectivity index (χ2v) is 8.14. The van der Waals surface area contributed by atoms with Crippen LogP contribution in [-0.2, 0) is 16.1 Å². The lowest BCUT2D eigenvalue weighted by atomic mass is 9.95. The van der Waals surface area contributed by atoms with Gasteiger partial charge in [0, 0.05) is 11.4 Å². The zero-order chi connectivity index (χ0) is 21.3. The molecule has 3 rings (SSSR count). The average molecular weight is 427 g/mol. The van der Waals surface area contributed by atoms with Gasteiger partial charge in [0.15, 0.2) is 0 Å². The van der Waals surface area contributed by atoms with Gasteiger partial charge in [0.05, 0.1) is 11.6 Å². The number of esters is 1. The van der Waals surface area contributed by atoms with Crippen LogP contribution in [-0.4, -0.2) is 30.1 Å². The van der Waals surface area contributed by atoms with E-state index in [9.17, 15) is 9.59 Å². The van der Waals surface area contributed by atoms with Gasteiger partial charge in [0.1, 0.15) is 19.0 Å². The van der Waals surface area contributed by atoms with Crippen molar-refractivity contribution in [3.8, 4) is 5.75 Å². The maximum Gasteiger partial charge on any atom is 0.338 e. The summed E-state index contributed by atoms with van der Waals surface area (Å²) in [6, 6.07) is 16.4. The van der Waals surface area contributed by atoms with Gasteiger partial charge in [-0.3, -0.25) is 0 Å². The number of ether oxygens (including phenoxy) is 2. The molecule has 0 aromatic heterocycles. The highest BCUT2D eigenvalue weighted by Crippen LogP contribution is 2.29. The van der Waals surface area contributed by atoms with Crippen molar-refractivity contribution in [3.63, 3.8) is 0 Å². The fourth-order valence-corrected chi connectivity index (χ4v) is 3.62. The molecule has 1 unspecified atom stereocenters. The summed E-state index contributed by atoms with van der Waals surface area (Å²) in [5.74, 6) is 2.00. The van der Waals surface area contributed by atoms with Crippen molar-refractivity contribution in [2.45, 2.75) is 26.5 Å². The summed E-state index contributed by atoms with van der Waals surface area (Å²) >= 11 is 1.71. The number of nitrogens with one attached hydrogen (secondary N) is 2. The largest absolute Gasteiger partial charge is 0.489 e. The third-order valence-corrected chi connectivity index (χ3v) is 5.48. The highest BCUT2D eigenvalue weighted by molar-refractivity contribution is 7.99. The number of hydrogen-bond acceptors (Lipinski definition) is 5. The highest BCUT2D eigenvalue weighted by Gasteiger charge is 2.32. The van der Waals surface area contributed by atoms with Gasteiger partial charge in [0.2, 0.25) is 0 Å². The molecule has 158 valence electrons. The minimum absolute atomic E-state index is 0.334. The maximum absolute atomic E-state index is 12.7. The quantitative estimate of drug-likeness (QED) is 0.464. The lowest BCUT2D eigenvalue weighted by molar-refractivity contribution is -0.138. The fourth-order valence-electron chi connectivity index (χ4n) is 3.13. The van der Waals surface area contributed by atoms with Crippen molar-refractivity contribution in [2.24, 2.45) is 0 Å². The van der Waals surface area contributed by atoms with Gasteiger partial charge in [-0.1, -0.05) is 49.4 Å². The second-order valence-electron chi connectivity index (χ2n) is 6.75. The molecule has 0 saturated carbocycles. The number of carbonyl (C=O) groups is 2. The van der Waals surface area contributed by atoms with Gasteiger partial charge >= 0.3 is 12.0 Å². The second kappa shape index (κ2) is 10.7. The lowest BCUT2D eigenvalue weighted by Gasteiger charge is -2.28. The van der Waals surface area contributed by atoms with E-state index in [0.717, 1.165) is 22.6 Å². The molecule has 0 radical (unpaired) electrons. The van der Waals surface area contributed by atoms with Gasteiger partial charge in [-0.05, 0) is 35.9 Å². The van der Waals surface area contributed by atoms with Gasteiger partial charge in [0.25, 0.3) is 0 Å². The van der Waals surface area contributed by atoms with E-state index in [4.69, 9.17) is 9.47 Å². The molecule has 2 aromatic carbocycles. The third-order valence-electron chi connectivity index (χ3n) is 4.62. The Kier molecular flexibility index (Phi) is 7.79. The first-order valence-corrected chi connectivity index (χ1v) is 11.0. The monoisotopic (exact) mass is 426 g/mol. The topological polar surface area (TPSA) is 76.7 Å². The van der Waals surface area contributed by atoms with Crippen molar-refractivity contribution in [1.29, 1.82) is 0 Å². The van der Waals surface area contributed by atoms with E-state index >= 15 is 0 Å². The molecule has 2 aromatic rings. The summed E-state index contributed by atoms with van der Waals surface area (Å²) in [7, 11) is 0. The number of hydrogen-bond donors (Lipinski definition) is 2. The predicted molar refractivity (Wildman–Crippen MR) is 118 cm³/mol. The first-order chi connectivity index (χ1) is 14.6. The number of allylic oxidation sites excluding steroid dienone is 1. The molecule has 0 bridgehead atoms. The number of benzene rings is 2. The number of urea groups is 1. The Morgan fingerprint density at radius 1 is 1.10 bits per heavy atom. The number of amides is 2. The van der Waals surface area contributed by atoms with E-state index in [0.29, 0.717) is 30.2 Å². The van der Waals surface area contributed by atoms with E-state index in [1.165, 1.54) is 0 Å². The van der Waals surface area contributed by atoms with E-state index in [1.54, 1.807) is 18.7 Å². The summed E-state index contributed by atoms with van der Waals surface area (Å²) in [6.45, 7) is 4.57. The van der Waals surface area contributed by atoms with Crippen molar-refractivity contribution >= 4 is 23.8 Å². The van der Waals surface area contributed by atoms with Crippen molar-refractivity contribution < 1.29 is 19.1 Å². The molecular formula is C23H26N2O4S. The minimum Gasteiger partial charge on any atom is -0.489 e. The Morgan fingerprint density at radius 2 is 1.83 bits per heavy atom. The van der Waals surface area contributed by atoms with Crippen LogP contribution in [0, 0.1) is 0 Å². The fraction of sp³-hybridized carbons (Fsp3) is 0.304. The van der Waals surface area contributed by atoms with Gasteiger partial charge < -0.3 is 20.1 Å². The van der Waals surface area contributed by atoms with Crippen LogP contribution in [0.2, 0.25) is 0 Å². The lowest BCUT2D eigenvalue weighted by Crippen LogP contribution is -2.45. The Bertz CT molecular complexity index is 897. The maximum atomic E-state index is 12.7. The third kappa shape index (κ3) is 5.79. The summed E-state index contributed by atoms with van der Waals surface area (Å²) in [6.07, 6.45) is 0. The molecule has 0 spiro atoms. The summed E-state index contributed by atoms with van der Waals surface area (Å²) in [5, 5.41) is 5.48. The van der Waals surface area contributed by atoms with Gasteiger partial charge in [-0.25, -0.2) is 9.59 Å². The number of thioether (sulfide) groups is 1. The normalized spacial score (nSPS) is 15.9. The molecule has 30 heavy (non-hydrogen) atoms. The molecule has 0 aliphatic carbocycles. The summed E-state index contributed by atoms with van der Waals surface area (Å²) in [4.78, 5) is 24.7. The van der Waals surface area contributed by atoms with Gasteiger partial charge in [-0.2, -0.15) is 11.8 Å². The van der Waals surface area contributed by atoms with Crippen LogP contribution in [0.5, 0.6) is 5.75 Å². The molecule has 1 heterocycles. The highest BCUT2D eigenvalue weighted by atomic mass is 32.2.